The molecule has 7 nitrogen and oxygen atoms in total. The lowest BCUT2D eigenvalue weighted by atomic mass is 10.1. The van der Waals surface area contributed by atoms with Gasteiger partial charge in [0.05, 0.1) is 0 Å². The third-order valence-electron chi connectivity index (χ3n) is 4.59. The quantitative estimate of drug-likeness (QED) is 0.546. The summed E-state index contributed by atoms with van der Waals surface area (Å²) in [5, 5.41) is 2.88. The van der Waals surface area contributed by atoms with Gasteiger partial charge in [0.2, 0.25) is 5.91 Å². The first-order valence-electron chi connectivity index (χ1n) is 9.36. The highest BCUT2D eigenvalue weighted by molar-refractivity contribution is 5.76. The van der Waals surface area contributed by atoms with Crippen LogP contribution in [0.5, 0.6) is 5.75 Å². The van der Waals surface area contributed by atoms with Crippen molar-refractivity contribution in [2.45, 2.75) is 32.9 Å². The number of aromatic nitrogens is 2. The van der Waals surface area contributed by atoms with Gasteiger partial charge in [-0.2, -0.15) is 0 Å². The minimum absolute atomic E-state index is 0.151. The van der Waals surface area contributed by atoms with E-state index < -0.39 is 11.2 Å². The molecule has 0 bridgehead atoms. The lowest BCUT2D eigenvalue weighted by Gasteiger charge is -2.12. The van der Waals surface area contributed by atoms with Crippen molar-refractivity contribution < 1.29 is 9.53 Å². The van der Waals surface area contributed by atoms with Crippen molar-refractivity contribution in [3.05, 3.63) is 97.8 Å². The Bertz CT molecular complexity index is 1090. The molecule has 0 fully saturated rings. The van der Waals surface area contributed by atoms with Crippen LogP contribution in [0, 0.1) is 6.92 Å². The number of para-hydroxylation sites is 1. The molecule has 0 spiro atoms. The largest absolute Gasteiger partial charge is 0.489 e. The topological polar surface area (TPSA) is 104 Å². The maximum atomic E-state index is 12.2. The molecule has 0 aliphatic rings. The van der Waals surface area contributed by atoms with Gasteiger partial charge in [0.1, 0.15) is 12.4 Å². The fourth-order valence-electron chi connectivity index (χ4n) is 3.00. The van der Waals surface area contributed by atoms with Gasteiger partial charge in [0.25, 0.3) is 5.56 Å². The first-order valence-corrected chi connectivity index (χ1v) is 9.36. The van der Waals surface area contributed by atoms with Crippen molar-refractivity contribution in [2.24, 2.45) is 0 Å². The number of aryl methyl sites for hydroxylation is 1. The molecule has 1 aromatic heterocycles. The Morgan fingerprint density at radius 2 is 1.66 bits per heavy atom. The molecule has 2 aromatic carbocycles. The summed E-state index contributed by atoms with van der Waals surface area (Å²) in [7, 11) is 0. The summed E-state index contributed by atoms with van der Waals surface area (Å²) < 4.78 is 5.80. The van der Waals surface area contributed by atoms with Crippen LogP contribution in [-0.2, 0) is 24.4 Å². The number of ether oxygens (including phenoxy) is 1. The molecule has 0 aliphatic carbocycles. The third-order valence-corrected chi connectivity index (χ3v) is 4.59. The number of benzene rings is 2. The molecule has 0 radical (unpaired) electrons. The van der Waals surface area contributed by atoms with Gasteiger partial charge in [0, 0.05) is 24.2 Å². The van der Waals surface area contributed by atoms with Gasteiger partial charge in [-0.15, -0.1) is 0 Å². The van der Waals surface area contributed by atoms with Crippen molar-refractivity contribution >= 4 is 5.91 Å². The van der Waals surface area contributed by atoms with Crippen LogP contribution in [0.1, 0.15) is 28.8 Å². The first-order chi connectivity index (χ1) is 14.0. The number of hydrogen-bond donors (Lipinski definition) is 3. The van der Waals surface area contributed by atoms with E-state index in [1.807, 2.05) is 54.6 Å². The van der Waals surface area contributed by atoms with Crippen LogP contribution < -0.4 is 21.3 Å². The fourth-order valence-corrected chi connectivity index (χ4v) is 3.00. The second-order valence-electron chi connectivity index (χ2n) is 6.66. The van der Waals surface area contributed by atoms with E-state index in [2.05, 4.69) is 15.3 Å². The average molecular weight is 393 g/mol. The van der Waals surface area contributed by atoms with E-state index in [1.165, 1.54) is 0 Å². The van der Waals surface area contributed by atoms with Gasteiger partial charge < -0.3 is 15.0 Å². The normalized spacial score (nSPS) is 10.5. The maximum absolute atomic E-state index is 12.2. The molecular formula is C22H23N3O4. The highest BCUT2D eigenvalue weighted by atomic mass is 16.5. The van der Waals surface area contributed by atoms with Crippen LogP contribution in [0.4, 0.5) is 0 Å². The number of H-pyrrole nitrogens is 2. The predicted octanol–water partition coefficient (Wildman–Crippen LogP) is 2.20. The number of amides is 1. The second kappa shape index (κ2) is 9.54. The maximum Gasteiger partial charge on any atom is 0.325 e. The highest BCUT2D eigenvalue weighted by Crippen LogP contribution is 2.14. The summed E-state index contributed by atoms with van der Waals surface area (Å²) in [5.74, 6) is 0.613. The second-order valence-corrected chi connectivity index (χ2v) is 6.66. The van der Waals surface area contributed by atoms with Gasteiger partial charge in [-0.05, 0) is 36.6 Å². The molecule has 0 saturated heterocycles. The molecule has 1 heterocycles. The minimum Gasteiger partial charge on any atom is -0.489 e. The molecule has 3 N–H and O–H groups in total. The van der Waals surface area contributed by atoms with Crippen LogP contribution in [0.2, 0.25) is 0 Å². The molecule has 7 heteroatoms. The van der Waals surface area contributed by atoms with Gasteiger partial charge in [0.15, 0.2) is 0 Å². The molecule has 0 aliphatic heterocycles. The molecule has 0 saturated carbocycles. The molecule has 3 aromatic rings. The smallest absolute Gasteiger partial charge is 0.325 e. The predicted molar refractivity (Wildman–Crippen MR) is 110 cm³/mol. The molecule has 150 valence electrons. The van der Waals surface area contributed by atoms with Gasteiger partial charge in [-0.3, -0.25) is 14.6 Å². The minimum atomic E-state index is -0.546. The zero-order chi connectivity index (χ0) is 20.6. The van der Waals surface area contributed by atoms with Crippen molar-refractivity contribution in [3.8, 4) is 5.75 Å². The Morgan fingerprint density at radius 3 is 2.38 bits per heavy atom. The lowest BCUT2D eigenvalue weighted by Crippen LogP contribution is -2.29. The molecular weight excluding hydrogens is 370 g/mol. The number of carbonyl (C=O) groups is 1. The van der Waals surface area contributed by atoms with Crippen molar-refractivity contribution in [3.63, 3.8) is 0 Å². The molecule has 0 atom stereocenters. The Balaban J connectivity index is 1.55. The molecule has 0 unspecified atom stereocenters. The molecule has 29 heavy (non-hydrogen) atoms. The third kappa shape index (κ3) is 5.68. The summed E-state index contributed by atoms with van der Waals surface area (Å²) in [6, 6.07) is 17.3. The van der Waals surface area contributed by atoms with Gasteiger partial charge in [-0.25, -0.2) is 4.79 Å². The number of aromatic amines is 2. The Morgan fingerprint density at radius 1 is 0.966 bits per heavy atom. The fraction of sp³-hybridized carbons (Fsp3) is 0.227. The average Bonchev–Trinajstić information content (AvgIpc) is 2.71. The Labute approximate surface area is 167 Å². The first kappa shape index (κ1) is 20.1. The van der Waals surface area contributed by atoms with E-state index in [4.69, 9.17) is 4.74 Å². The van der Waals surface area contributed by atoms with E-state index in [0.717, 1.165) is 16.9 Å². The SMILES string of the molecule is Cc1[nH]c(=O)[nH]c(=O)c1CCC(=O)NCc1ccccc1COc1ccccc1. The number of carbonyl (C=O) groups excluding carboxylic acids is 1. The highest BCUT2D eigenvalue weighted by Gasteiger charge is 2.10. The summed E-state index contributed by atoms with van der Waals surface area (Å²) in [5.41, 5.74) is 1.85. The van der Waals surface area contributed by atoms with E-state index in [-0.39, 0.29) is 18.7 Å². The van der Waals surface area contributed by atoms with Crippen molar-refractivity contribution in [1.29, 1.82) is 0 Å². The molecule has 3 rings (SSSR count). The van der Waals surface area contributed by atoms with Crippen LogP contribution in [0.3, 0.4) is 0 Å². The lowest BCUT2D eigenvalue weighted by molar-refractivity contribution is -0.121. The number of rotatable bonds is 8. The number of hydrogen-bond acceptors (Lipinski definition) is 4. The summed E-state index contributed by atoms with van der Waals surface area (Å²) in [6.45, 7) is 2.42. The molecule has 1 amide bonds. The van der Waals surface area contributed by atoms with E-state index >= 15 is 0 Å². The zero-order valence-electron chi connectivity index (χ0n) is 16.2. The van der Waals surface area contributed by atoms with Gasteiger partial charge >= 0.3 is 5.69 Å². The summed E-state index contributed by atoms with van der Waals surface area (Å²) in [6.07, 6.45) is 0.404. The Hall–Kier alpha value is -3.61. The summed E-state index contributed by atoms with van der Waals surface area (Å²) in [4.78, 5) is 40.1. The van der Waals surface area contributed by atoms with Crippen LogP contribution in [-0.4, -0.2) is 15.9 Å². The van der Waals surface area contributed by atoms with Crippen molar-refractivity contribution in [1.82, 2.24) is 15.3 Å². The van der Waals surface area contributed by atoms with E-state index in [9.17, 15) is 14.4 Å². The zero-order valence-corrected chi connectivity index (χ0v) is 16.2. The van der Waals surface area contributed by atoms with Crippen molar-refractivity contribution in [2.75, 3.05) is 0 Å². The van der Waals surface area contributed by atoms with Crippen LogP contribution >= 0.6 is 0 Å². The number of nitrogens with one attached hydrogen (secondary N) is 3. The van der Waals surface area contributed by atoms with Crippen LogP contribution in [0.15, 0.2) is 64.2 Å². The van der Waals surface area contributed by atoms with Crippen LogP contribution in [0.25, 0.3) is 0 Å². The Kier molecular flexibility index (Phi) is 6.63. The van der Waals surface area contributed by atoms with E-state index in [0.29, 0.717) is 24.4 Å². The summed E-state index contributed by atoms with van der Waals surface area (Å²) >= 11 is 0. The van der Waals surface area contributed by atoms with Gasteiger partial charge in [-0.1, -0.05) is 42.5 Å². The monoisotopic (exact) mass is 393 g/mol. The standard InChI is InChI=1S/C22H23N3O4/c1-15-19(21(27)25-22(28)24-15)11-12-20(26)23-13-16-7-5-6-8-17(16)14-29-18-9-3-2-4-10-18/h2-10H,11-14H2,1H3,(H,23,26)(H2,24,25,27,28). The van der Waals surface area contributed by atoms with E-state index in [1.54, 1.807) is 6.92 Å².